The van der Waals surface area contributed by atoms with Crippen molar-refractivity contribution in [1.82, 2.24) is 9.88 Å². The number of aromatic nitrogens is 1. The van der Waals surface area contributed by atoms with Gasteiger partial charge >= 0.3 is 5.97 Å². The highest BCUT2D eigenvalue weighted by atomic mass is 35.5. The van der Waals surface area contributed by atoms with E-state index in [2.05, 4.69) is 4.98 Å². The van der Waals surface area contributed by atoms with Gasteiger partial charge < -0.3 is 14.6 Å². The fourth-order valence-electron chi connectivity index (χ4n) is 3.72. The molecule has 6 heteroatoms. The Balaban J connectivity index is 1.82. The van der Waals surface area contributed by atoms with E-state index >= 15 is 0 Å². The molecule has 0 spiro atoms. The van der Waals surface area contributed by atoms with Crippen LogP contribution in [-0.2, 0) is 16.0 Å². The maximum Gasteiger partial charge on any atom is 0.341 e. The number of aromatic amines is 1. The molecule has 0 unspecified atom stereocenters. The zero-order valence-electron chi connectivity index (χ0n) is 16.3. The summed E-state index contributed by atoms with van der Waals surface area (Å²) in [6, 6.07) is 13.2. The number of esters is 1. The molecule has 0 saturated heterocycles. The summed E-state index contributed by atoms with van der Waals surface area (Å²) in [4.78, 5) is 30.9. The number of rotatable bonds is 3. The number of para-hydroxylation sites is 1. The van der Waals surface area contributed by atoms with Crippen LogP contribution in [0.4, 0.5) is 0 Å². The smallest absolute Gasteiger partial charge is 0.341 e. The van der Waals surface area contributed by atoms with Gasteiger partial charge in [-0.3, -0.25) is 4.79 Å². The first kappa shape index (κ1) is 19.3. The van der Waals surface area contributed by atoms with Gasteiger partial charge in [0.1, 0.15) is 0 Å². The molecule has 1 aliphatic rings. The highest BCUT2D eigenvalue weighted by Gasteiger charge is 2.28. The second kappa shape index (κ2) is 7.76. The van der Waals surface area contributed by atoms with Crippen LogP contribution in [0.2, 0.25) is 5.02 Å². The molecule has 148 valence electrons. The van der Waals surface area contributed by atoms with Crippen molar-refractivity contribution >= 4 is 40.0 Å². The van der Waals surface area contributed by atoms with Gasteiger partial charge in [-0.25, -0.2) is 4.79 Å². The number of halogens is 1. The Bertz CT molecular complexity index is 1150. The number of carbonyl (C=O) groups excluding carboxylic acids is 2. The van der Waals surface area contributed by atoms with Gasteiger partial charge in [0.25, 0.3) is 5.91 Å². The summed E-state index contributed by atoms with van der Waals surface area (Å²) in [5, 5.41) is 1.59. The molecule has 29 heavy (non-hydrogen) atoms. The fraction of sp³-hybridized carbons (Fsp3) is 0.217. The van der Waals surface area contributed by atoms with Gasteiger partial charge in [-0.2, -0.15) is 0 Å². The van der Waals surface area contributed by atoms with Crippen molar-refractivity contribution in [2.45, 2.75) is 20.3 Å². The molecule has 1 aromatic heterocycles. The summed E-state index contributed by atoms with van der Waals surface area (Å²) in [6.45, 7) is 4.29. The second-order valence-corrected chi connectivity index (χ2v) is 7.36. The standard InChI is InChI=1S/C23H21ClN2O3/c1-3-29-23(28)18-13-26(22(27)15-8-6-9-19(24)14(15)2)12-11-17-16-7-4-5-10-20(16)25-21(17)18/h4-10,13,25H,3,11-12H2,1-2H3. The van der Waals surface area contributed by atoms with Crippen molar-refractivity contribution in [3.63, 3.8) is 0 Å². The first-order valence-corrected chi connectivity index (χ1v) is 9.94. The molecule has 0 radical (unpaired) electrons. The highest BCUT2D eigenvalue weighted by molar-refractivity contribution is 6.31. The lowest BCUT2D eigenvalue weighted by Gasteiger charge is -2.19. The predicted octanol–water partition coefficient (Wildman–Crippen LogP) is 4.73. The number of nitrogens with one attached hydrogen (secondary N) is 1. The van der Waals surface area contributed by atoms with E-state index in [-0.39, 0.29) is 12.5 Å². The zero-order chi connectivity index (χ0) is 20.5. The molecule has 3 aromatic rings. The number of amides is 1. The lowest BCUT2D eigenvalue weighted by molar-refractivity contribution is -0.136. The number of fused-ring (bicyclic) bond motifs is 3. The van der Waals surface area contributed by atoms with E-state index in [4.69, 9.17) is 16.3 Å². The van der Waals surface area contributed by atoms with Crippen molar-refractivity contribution in [3.8, 4) is 0 Å². The summed E-state index contributed by atoms with van der Waals surface area (Å²) in [6.07, 6.45) is 2.21. The summed E-state index contributed by atoms with van der Waals surface area (Å²) in [7, 11) is 0. The number of H-pyrrole nitrogens is 1. The summed E-state index contributed by atoms with van der Waals surface area (Å²) in [5.41, 5.74) is 4.27. The number of hydrogen-bond acceptors (Lipinski definition) is 3. The van der Waals surface area contributed by atoms with Crippen LogP contribution in [0.5, 0.6) is 0 Å². The van der Waals surface area contributed by atoms with Crippen molar-refractivity contribution in [3.05, 3.63) is 76.1 Å². The van der Waals surface area contributed by atoms with Crippen LogP contribution in [0.3, 0.4) is 0 Å². The van der Waals surface area contributed by atoms with Crippen LogP contribution in [-0.4, -0.2) is 34.9 Å². The fourth-order valence-corrected chi connectivity index (χ4v) is 3.90. The van der Waals surface area contributed by atoms with Gasteiger partial charge in [0.15, 0.2) is 0 Å². The molecule has 5 nitrogen and oxygen atoms in total. The van der Waals surface area contributed by atoms with E-state index in [0.717, 1.165) is 22.0 Å². The third kappa shape index (κ3) is 3.42. The Hall–Kier alpha value is -3.05. The molecule has 2 heterocycles. The molecule has 0 aliphatic carbocycles. The second-order valence-electron chi connectivity index (χ2n) is 6.95. The van der Waals surface area contributed by atoms with Gasteiger partial charge in [0, 0.05) is 34.2 Å². The lowest BCUT2D eigenvalue weighted by atomic mass is 10.0. The van der Waals surface area contributed by atoms with E-state index in [9.17, 15) is 9.59 Å². The number of hydrogen-bond donors (Lipinski definition) is 1. The van der Waals surface area contributed by atoms with Crippen LogP contribution >= 0.6 is 11.6 Å². The van der Waals surface area contributed by atoms with E-state index in [1.54, 1.807) is 36.2 Å². The quantitative estimate of drug-likeness (QED) is 0.637. The summed E-state index contributed by atoms with van der Waals surface area (Å²) < 4.78 is 5.28. The normalized spacial score (nSPS) is 13.6. The van der Waals surface area contributed by atoms with Crippen molar-refractivity contribution < 1.29 is 14.3 Å². The van der Waals surface area contributed by atoms with Crippen molar-refractivity contribution in [1.29, 1.82) is 0 Å². The van der Waals surface area contributed by atoms with Gasteiger partial charge in [-0.15, -0.1) is 0 Å². The van der Waals surface area contributed by atoms with Crippen LogP contribution in [0.1, 0.15) is 34.1 Å². The Morgan fingerprint density at radius 3 is 2.76 bits per heavy atom. The van der Waals surface area contributed by atoms with Gasteiger partial charge in [0.2, 0.25) is 0 Å². The molecule has 1 amide bonds. The molecule has 0 saturated carbocycles. The molecule has 4 rings (SSSR count). The third-order valence-electron chi connectivity index (χ3n) is 5.22. The number of ether oxygens (including phenoxy) is 1. The molecule has 1 N–H and O–H groups in total. The van der Waals surface area contributed by atoms with E-state index in [1.807, 2.05) is 31.2 Å². The maximum atomic E-state index is 13.2. The largest absolute Gasteiger partial charge is 0.462 e. The Kier molecular flexibility index (Phi) is 5.16. The minimum absolute atomic E-state index is 0.193. The van der Waals surface area contributed by atoms with E-state index in [1.165, 1.54) is 0 Å². The molecule has 1 aliphatic heterocycles. The minimum Gasteiger partial charge on any atom is -0.462 e. The van der Waals surface area contributed by atoms with Crippen molar-refractivity contribution in [2.24, 2.45) is 0 Å². The molecule has 0 fully saturated rings. The average molecular weight is 409 g/mol. The van der Waals surface area contributed by atoms with Gasteiger partial charge in [-0.05, 0) is 49.6 Å². The van der Waals surface area contributed by atoms with Crippen LogP contribution in [0, 0.1) is 6.92 Å². The first-order chi connectivity index (χ1) is 14.0. The summed E-state index contributed by atoms with van der Waals surface area (Å²) in [5.74, 6) is -0.649. The van der Waals surface area contributed by atoms with Gasteiger partial charge in [-0.1, -0.05) is 35.9 Å². The predicted molar refractivity (Wildman–Crippen MR) is 114 cm³/mol. The topological polar surface area (TPSA) is 62.4 Å². The summed E-state index contributed by atoms with van der Waals surface area (Å²) >= 11 is 6.21. The number of benzene rings is 2. The molecular formula is C23H21ClN2O3. The Morgan fingerprint density at radius 1 is 1.17 bits per heavy atom. The monoisotopic (exact) mass is 408 g/mol. The molecular weight excluding hydrogens is 388 g/mol. The molecule has 0 atom stereocenters. The Morgan fingerprint density at radius 2 is 1.97 bits per heavy atom. The van der Waals surface area contributed by atoms with E-state index in [0.29, 0.717) is 34.8 Å². The lowest BCUT2D eigenvalue weighted by Crippen LogP contribution is -2.28. The zero-order valence-corrected chi connectivity index (χ0v) is 17.0. The molecule has 2 aromatic carbocycles. The van der Waals surface area contributed by atoms with Gasteiger partial charge in [0.05, 0.1) is 17.9 Å². The third-order valence-corrected chi connectivity index (χ3v) is 5.63. The number of nitrogens with zero attached hydrogens (tertiary/aromatic N) is 1. The first-order valence-electron chi connectivity index (χ1n) is 9.56. The van der Waals surface area contributed by atoms with Crippen molar-refractivity contribution in [2.75, 3.05) is 13.2 Å². The van der Waals surface area contributed by atoms with E-state index < -0.39 is 5.97 Å². The van der Waals surface area contributed by atoms with Crippen LogP contribution in [0.25, 0.3) is 16.5 Å². The Labute approximate surface area is 173 Å². The SMILES string of the molecule is CCOC(=O)C1=CN(C(=O)c2cccc(Cl)c2C)CCc2c1[nH]c1ccccc21. The minimum atomic E-state index is -0.456. The van der Waals surface area contributed by atoms with Crippen LogP contribution < -0.4 is 0 Å². The number of carbonyl (C=O) groups is 2. The average Bonchev–Trinajstić information content (AvgIpc) is 2.97. The molecule has 0 bridgehead atoms. The van der Waals surface area contributed by atoms with Crippen LogP contribution in [0.15, 0.2) is 48.7 Å². The maximum absolute atomic E-state index is 13.2. The highest BCUT2D eigenvalue weighted by Crippen LogP contribution is 2.32.